The molecule has 0 bridgehead atoms. The maximum atomic E-state index is 9.89. The lowest BCUT2D eigenvalue weighted by Crippen LogP contribution is -2.16. The number of nitrogens with one attached hydrogen (secondary N) is 1. The minimum atomic E-state index is -0.252. The van der Waals surface area contributed by atoms with E-state index < -0.39 is 0 Å². The number of carbonyl (C=O) groups excluding carboxylic acids is 1. The molecule has 0 atom stereocenters. The van der Waals surface area contributed by atoms with Crippen LogP contribution in [-0.2, 0) is 4.79 Å². The summed E-state index contributed by atoms with van der Waals surface area (Å²) in [5, 5.41) is 12.3. The summed E-state index contributed by atoms with van der Waals surface area (Å²) in [6.45, 7) is 1.32. The summed E-state index contributed by atoms with van der Waals surface area (Å²) in [5.74, 6) is -0.252. The molecule has 0 fully saturated rings. The summed E-state index contributed by atoms with van der Waals surface area (Å²) in [4.78, 5) is 9.89. The first-order valence-corrected chi connectivity index (χ1v) is 1.70. The standard InChI is InChI=1S/C3H6N2O2/c1-3(6)4-2-5-7/h2,7H,1H3,(H,4,5,6). The molecule has 0 rings (SSSR count). The molecule has 0 aromatic rings. The molecule has 0 aliphatic rings. The summed E-state index contributed by atoms with van der Waals surface area (Å²) in [7, 11) is 0. The number of nitrogens with zero attached hydrogens (tertiary/aromatic N) is 1. The largest absolute Gasteiger partial charge is 0.410 e. The van der Waals surface area contributed by atoms with Crippen LogP contribution in [0.3, 0.4) is 0 Å². The third kappa shape index (κ3) is 4.94. The van der Waals surface area contributed by atoms with Gasteiger partial charge in [-0.05, 0) is 0 Å². The molecule has 2 N–H and O–H groups in total. The molecule has 0 saturated heterocycles. The van der Waals surface area contributed by atoms with Gasteiger partial charge in [0.1, 0.15) is 6.34 Å². The summed E-state index contributed by atoms with van der Waals surface area (Å²) < 4.78 is 0. The third-order valence-electron chi connectivity index (χ3n) is 0.326. The minimum Gasteiger partial charge on any atom is -0.410 e. The molecule has 4 nitrogen and oxygen atoms in total. The second kappa shape index (κ2) is 3.14. The van der Waals surface area contributed by atoms with Crippen LogP contribution < -0.4 is 5.32 Å². The molecular weight excluding hydrogens is 96.0 g/mol. The molecule has 0 aliphatic heterocycles. The van der Waals surface area contributed by atoms with Crippen molar-refractivity contribution in [3.05, 3.63) is 0 Å². The monoisotopic (exact) mass is 102 g/mol. The average Bonchev–Trinajstić information content (AvgIpc) is 1.61. The maximum Gasteiger partial charge on any atom is 0.222 e. The Kier molecular flexibility index (Phi) is 2.67. The topological polar surface area (TPSA) is 61.7 Å². The number of hydrogen-bond donors (Lipinski definition) is 2. The molecule has 0 aliphatic carbocycles. The van der Waals surface area contributed by atoms with Crippen LogP contribution in [0.25, 0.3) is 0 Å². The van der Waals surface area contributed by atoms with Crippen LogP contribution in [0, 0.1) is 0 Å². The van der Waals surface area contributed by atoms with Crippen LogP contribution in [0.2, 0.25) is 0 Å². The molecule has 0 unspecified atom stereocenters. The zero-order valence-electron chi connectivity index (χ0n) is 3.88. The number of carbonyl (C=O) groups is 1. The van der Waals surface area contributed by atoms with Gasteiger partial charge in [-0.2, -0.15) is 0 Å². The van der Waals surface area contributed by atoms with Crippen LogP contribution >= 0.6 is 0 Å². The fourth-order valence-corrected chi connectivity index (χ4v) is 0.120. The van der Waals surface area contributed by atoms with Crippen LogP contribution in [0.5, 0.6) is 0 Å². The lowest BCUT2D eigenvalue weighted by molar-refractivity contribution is -0.117. The summed E-state index contributed by atoms with van der Waals surface area (Å²) in [5.41, 5.74) is 0. The van der Waals surface area contributed by atoms with Crippen molar-refractivity contribution in [2.45, 2.75) is 6.92 Å². The SMILES string of the molecule is CC(=O)N/C=N/O. The van der Waals surface area contributed by atoms with E-state index in [9.17, 15) is 4.79 Å². The first-order valence-electron chi connectivity index (χ1n) is 1.70. The van der Waals surface area contributed by atoms with E-state index in [1.54, 1.807) is 0 Å². The Morgan fingerprint density at radius 1 is 2.00 bits per heavy atom. The zero-order valence-corrected chi connectivity index (χ0v) is 3.88. The highest BCUT2D eigenvalue weighted by Gasteiger charge is 1.79. The van der Waals surface area contributed by atoms with Gasteiger partial charge in [-0.3, -0.25) is 4.79 Å². The molecule has 0 radical (unpaired) electrons. The van der Waals surface area contributed by atoms with Gasteiger partial charge in [-0.1, -0.05) is 5.16 Å². The highest BCUT2D eigenvalue weighted by atomic mass is 16.4. The summed E-state index contributed by atoms with van der Waals surface area (Å²) in [6.07, 6.45) is 0.905. The van der Waals surface area contributed by atoms with E-state index in [0.29, 0.717) is 0 Å². The van der Waals surface area contributed by atoms with Crippen LogP contribution in [0.15, 0.2) is 5.16 Å². The second-order valence-electron chi connectivity index (χ2n) is 0.945. The first kappa shape index (κ1) is 5.94. The fraction of sp³-hybridized carbons (Fsp3) is 0.333. The van der Waals surface area contributed by atoms with E-state index in [1.165, 1.54) is 6.92 Å². The van der Waals surface area contributed by atoms with E-state index in [2.05, 4.69) is 10.5 Å². The van der Waals surface area contributed by atoms with Crippen LogP contribution in [-0.4, -0.2) is 17.5 Å². The second-order valence-corrected chi connectivity index (χ2v) is 0.945. The van der Waals surface area contributed by atoms with E-state index in [0.717, 1.165) is 6.34 Å². The zero-order chi connectivity index (χ0) is 5.70. The van der Waals surface area contributed by atoms with Gasteiger partial charge in [0, 0.05) is 6.92 Å². The number of amides is 1. The predicted octanol–water partition coefficient (Wildman–Crippen LogP) is -0.460. The van der Waals surface area contributed by atoms with E-state index in [1.807, 2.05) is 0 Å². The Labute approximate surface area is 40.8 Å². The molecule has 0 spiro atoms. The van der Waals surface area contributed by atoms with E-state index >= 15 is 0 Å². The molecule has 0 aromatic carbocycles. The summed E-state index contributed by atoms with van der Waals surface area (Å²) in [6, 6.07) is 0. The molecule has 0 saturated carbocycles. The smallest absolute Gasteiger partial charge is 0.222 e. The van der Waals surface area contributed by atoms with Crippen LogP contribution in [0.1, 0.15) is 6.92 Å². The Balaban J connectivity index is 3.14. The van der Waals surface area contributed by atoms with Gasteiger partial charge in [0.25, 0.3) is 0 Å². The van der Waals surface area contributed by atoms with Gasteiger partial charge >= 0.3 is 0 Å². The van der Waals surface area contributed by atoms with Crippen LogP contribution in [0.4, 0.5) is 0 Å². The van der Waals surface area contributed by atoms with E-state index in [-0.39, 0.29) is 5.91 Å². The van der Waals surface area contributed by atoms with Crippen molar-refractivity contribution in [3.63, 3.8) is 0 Å². The molecule has 1 amide bonds. The van der Waals surface area contributed by atoms with Gasteiger partial charge in [0.15, 0.2) is 0 Å². The van der Waals surface area contributed by atoms with Crippen molar-refractivity contribution >= 4 is 12.2 Å². The number of rotatable bonds is 1. The van der Waals surface area contributed by atoms with Crippen molar-refractivity contribution < 1.29 is 10.0 Å². The van der Waals surface area contributed by atoms with Crippen molar-refractivity contribution in [3.8, 4) is 0 Å². The molecule has 0 aromatic heterocycles. The highest BCUT2D eigenvalue weighted by molar-refractivity contribution is 5.85. The molecule has 7 heavy (non-hydrogen) atoms. The Bertz CT molecular complexity index is 88.9. The lowest BCUT2D eigenvalue weighted by atomic mass is 10.7. The Hall–Kier alpha value is -1.06. The van der Waals surface area contributed by atoms with Gasteiger partial charge in [-0.15, -0.1) is 0 Å². The maximum absolute atomic E-state index is 9.89. The molecule has 0 heterocycles. The number of hydrogen-bond acceptors (Lipinski definition) is 3. The lowest BCUT2D eigenvalue weighted by Gasteiger charge is -1.83. The van der Waals surface area contributed by atoms with Crippen molar-refractivity contribution in [2.24, 2.45) is 5.16 Å². The Morgan fingerprint density at radius 2 is 2.57 bits per heavy atom. The molecule has 4 heteroatoms. The minimum absolute atomic E-state index is 0.252. The fourth-order valence-electron chi connectivity index (χ4n) is 0.120. The van der Waals surface area contributed by atoms with Gasteiger partial charge in [0.05, 0.1) is 0 Å². The van der Waals surface area contributed by atoms with Crippen molar-refractivity contribution in [2.75, 3.05) is 0 Å². The highest BCUT2D eigenvalue weighted by Crippen LogP contribution is 1.51. The number of oxime groups is 1. The van der Waals surface area contributed by atoms with Gasteiger partial charge < -0.3 is 10.5 Å². The van der Waals surface area contributed by atoms with E-state index in [4.69, 9.17) is 5.21 Å². The van der Waals surface area contributed by atoms with Gasteiger partial charge in [0.2, 0.25) is 5.91 Å². The average molecular weight is 102 g/mol. The predicted molar refractivity (Wildman–Crippen MR) is 24.1 cm³/mol. The molecule has 40 valence electrons. The van der Waals surface area contributed by atoms with Gasteiger partial charge in [-0.25, -0.2) is 0 Å². The first-order chi connectivity index (χ1) is 3.27. The summed E-state index contributed by atoms with van der Waals surface area (Å²) >= 11 is 0. The normalized spacial score (nSPS) is 9.29. The third-order valence-corrected chi connectivity index (χ3v) is 0.326. The quantitative estimate of drug-likeness (QED) is 0.204. The molecular formula is C3H6N2O2. The van der Waals surface area contributed by atoms with Crippen molar-refractivity contribution in [1.82, 2.24) is 5.32 Å². The Morgan fingerprint density at radius 3 is 2.71 bits per heavy atom. The van der Waals surface area contributed by atoms with Crippen molar-refractivity contribution in [1.29, 1.82) is 0 Å².